The predicted octanol–water partition coefficient (Wildman–Crippen LogP) is 4.76. The van der Waals surface area contributed by atoms with E-state index in [2.05, 4.69) is 52.5 Å². The van der Waals surface area contributed by atoms with E-state index in [1.807, 2.05) is 0 Å². The topological polar surface area (TPSA) is 75.6 Å². The first-order chi connectivity index (χ1) is 12.6. The molecule has 2 N–H and O–H groups in total. The lowest BCUT2D eigenvalue weighted by Gasteiger charge is -2.09. The lowest BCUT2D eigenvalue weighted by atomic mass is 10.1. The summed E-state index contributed by atoms with van der Waals surface area (Å²) in [4.78, 5) is 12.3. The fourth-order valence-corrected chi connectivity index (χ4v) is 3.02. The van der Waals surface area contributed by atoms with E-state index in [-0.39, 0.29) is 18.1 Å². The number of rotatable bonds is 4. The molecule has 2 aromatic heterocycles. The second-order valence-electron chi connectivity index (χ2n) is 5.68. The Bertz CT molecular complexity index is 996. The molecule has 0 bridgehead atoms. The van der Waals surface area contributed by atoms with Gasteiger partial charge in [-0.25, -0.2) is 0 Å². The second-order valence-corrected chi connectivity index (χ2v) is 7.27. The Labute approximate surface area is 168 Å². The standard InChI is InChI=1S/C16H12Br2F3N5O/c1-8-5-11(22-15(27)13-12(17)14(18)24-23-13)25-26(8)7-9-3-2-4-10(6-9)16(19,20)21/h2-6H,7H2,1H3,(H,23,24)(H,22,25,27). The van der Waals surface area contributed by atoms with Gasteiger partial charge in [0.05, 0.1) is 16.6 Å². The van der Waals surface area contributed by atoms with E-state index in [9.17, 15) is 18.0 Å². The fraction of sp³-hybridized carbons (Fsp3) is 0.188. The van der Waals surface area contributed by atoms with Gasteiger partial charge in [0.1, 0.15) is 4.60 Å². The number of aromatic amines is 1. The van der Waals surface area contributed by atoms with Crippen LogP contribution >= 0.6 is 31.9 Å². The average Bonchev–Trinajstić information content (AvgIpc) is 3.10. The van der Waals surface area contributed by atoms with Crippen LogP contribution in [0.2, 0.25) is 0 Å². The summed E-state index contributed by atoms with van der Waals surface area (Å²) in [6.07, 6.45) is -4.40. The Hall–Kier alpha value is -2.14. The Morgan fingerprint density at radius 1 is 1.30 bits per heavy atom. The van der Waals surface area contributed by atoms with Gasteiger partial charge in [0, 0.05) is 11.8 Å². The third-order valence-corrected chi connectivity index (χ3v) is 5.57. The van der Waals surface area contributed by atoms with Crippen molar-refractivity contribution in [2.24, 2.45) is 0 Å². The molecule has 1 amide bonds. The molecule has 0 aliphatic heterocycles. The van der Waals surface area contributed by atoms with Crippen molar-refractivity contribution in [1.29, 1.82) is 0 Å². The van der Waals surface area contributed by atoms with Crippen molar-refractivity contribution in [2.75, 3.05) is 5.32 Å². The minimum absolute atomic E-state index is 0.142. The number of hydrogen-bond donors (Lipinski definition) is 2. The van der Waals surface area contributed by atoms with Crippen LogP contribution in [0.25, 0.3) is 0 Å². The van der Waals surface area contributed by atoms with Crippen molar-refractivity contribution in [2.45, 2.75) is 19.6 Å². The number of hydrogen-bond acceptors (Lipinski definition) is 3. The van der Waals surface area contributed by atoms with E-state index in [1.165, 1.54) is 10.7 Å². The molecule has 2 heterocycles. The number of aryl methyl sites for hydroxylation is 1. The maximum atomic E-state index is 12.8. The summed E-state index contributed by atoms with van der Waals surface area (Å²) in [7, 11) is 0. The summed E-state index contributed by atoms with van der Waals surface area (Å²) in [6, 6.07) is 6.67. The maximum absolute atomic E-state index is 12.8. The molecular weight excluding hydrogens is 495 g/mol. The molecule has 0 unspecified atom stereocenters. The molecule has 0 saturated heterocycles. The molecule has 0 fully saturated rings. The summed E-state index contributed by atoms with van der Waals surface area (Å²) in [5, 5.41) is 13.3. The number of aromatic nitrogens is 4. The molecule has 27 heavy (non-hydrogen) atoms. The summed E-state index contributed by atoms with van der Waals surface area (Å²) in [6.45, 7) is 1.89. The van der Waals surface area contributed by atoms with Gasteiger partial charge in [-0.15, -0.1) is 0 Å². The number of carbonyl (C=O) groups excluding carboxylic acids is 1. The Morgan fingerprint density at radius 3 is 2.67 bits per heavy atom. The van der Waals surface area contributed by atoms with E-state index in [0.29, 0.717) is 20.3 Å². The monoisotopic (exact) mass is 505 g/mol. The summed E-state index contributed by atoms with van der Waals surface area (Å²) in [5.74, 6) is -0.206. The quantitative estimate of drug-likeness (QED) is 0.535. The average molecular weight is 507 g/mol. The number of halogens is 5. The number of nitrogens with zero attached hydrogens (tertiary/aromatic N) is 3. The first-order valence-corrected chi connectivity index (χ1v) is 9.15. The van der Waals surface area contributed by atoms with Gasteiger partial charge >= 0.3 is 6.18 Å². The van der Waals surface area contributed by atoms with Gasteiger partial charge in [-0.3, -0.25) is 14.6 Å². The van der Waals surface area contributed by atoms with E-state index in [1.54, 1.807) is 19.1 Å². The fourth-order valence-electron chi connectivity index (χ4n) is 2.38. The van der Waals surface area contributed by atoms with Gasteiger partial charge in [-0.1, -0.05) is 12.1 Å². The minimum atomic E-state index is -4.40. The number of anilines is 1. The molecule has 11 heteroatoms. The highest BCUT2D eigenvalue weighted by atomic mass is 79.9. The number of nitrogens with one attached hydrogen (secondary N) is 2. The van der Waals surface area contributed by atoms with E-state index in [4.69, 9.17) is 0 Å². The van der Waals surface area contributed by atoms with Crippen LogP contribution in [0.4, 0.5) is 19.0 Å². The third-order valence-electron chi connectivity index (χ3n) is 3.69. The van der Waals surface area contributed by atoms with Crippen LogP contribution in [0.1, 0.15) is 27.3 Å². The lowest BCUT2D eigenvalue weighted by Crippen LogP contribution is -2.14. The highest BCUT2D eigenvalue weighted by Crippen LogP contribution is 2.30. The van der Waals surface area contributed by atoms with E-state index in [0.717, 1.165) is 12.1 Å². The Kier molecular flexibility index (Phi) is 5.43. The van der Waals surface area contributed by atoms with Crippen molar-refractivity contribution in [3.05, 3.63) is 61.9 Å². The van der Waals surface area contributed by atoms with Crippen LogP contribution in [0.15, 0.2) is 39.4 Å². The van der Waals surface area contributed by atoms with Gasteiger partial charge in [0.25, 0.3) is 5.91 Å². The zero-order valence-electron chi connectivity index (χ0n) is 13.7. The summed E-state index contributed by atoms with van der Waals surface area (Å²) < 4.78 is 41.0. The van der Waals surface area contributed by atoms with Gasteiger partial charge < -0.3 is 5.32 Å². The molecule has 0 radical (unpaired) electrons. The van der Waals surface area contributed by atoms with E-state index >= 15 is 0 Å². The predicted molar refractivity (Wildman–Crippen MR) is 99.5 cm³/mol. The first kappa shape index (κ1) is 19.6. The van der Waals surface area contributed by atoms with Crippen LogP contribution in [0.5, 0.6) is 0 Å². The molecule has 0 aliphatic carbocycles. The van der Waals surface area contributed by atoms with Crippen molar-refractivity contribution in [3.8, 4) is 0 Å². The van der Waals surface area contributed by atoms with Crippen LogP contribution in [-0.2, 0) is 12.7 Å². The number of H-pyrrole nitrogens is 1. The first-order valence-electron chi connectivity index (χ1n) is 7.56. The number of alkyl halides is 3. The molecule has 3 aromatic rings. The third kappa shape index (κ3) is 4.41. The zero-order valence-corrected chi connectivity index (χ0v) is 16.9. The van der Waals surface area contributed by atoms with Crippen LogP contribution in [-0.4, -0.2) is 25.9 Å². The van der Waals surface area contributed by atoms with Crippen LogP contribution in [0.3, 0.4) is 0 Å². The van der Waals surface area contributed by atoms with Gasteiger partial charge in [0.2, 0.25) is 0 Å². The largest absolute Gasteiger partial charge is 0.416 e. The highest BCUT2D eigenvalue weighted by Gasteiger charge is 2.30. The van der Waals surface area contributed by atoms with Crippen LogP contribution in [0, 0.1) is 6.92 Å². The lowest BCUT2D eigenvalue weighted by molar-refractivity contribution is -0.137. The van der Waals surface area contributed by atoms with Crippen LogP contribution < -0.4 is 5.32 Å². The second kappa shape index (κ2) is 7.47. The molecule has 0 aliphatic rings. The van der Waals surface area contributed by atoms with Gasteiger partial charge in [-0.05, 0) is 56.5 Å². The number of carbonyl (C=O) groups is 1. The number of benzene rings is 1. The summed E-state index contributed by atoms with van der Waals surface area (Å²) in [5.41, 5.74) is 0.567. The van der Waals surface area contributed by atoms with Crippen molar-refractivity contribution in [3.63, 3.8) is 0 Å². The maximum Gasteiger partial charge on any atom is 0.416 e. The Balaban J connectivity index is 1.77. The van der Waals surface area contributed by atoms with Crippen molar-refractivity contribution in [1.82, 2.24) is 20.0 Å². The highest BCUT2D eigenvalue weighted by molar-refractivity contribution is 9.13. The molecule has 142 valence electrons. The Morgan fingerprint density at radius 2 is 2.04 bits per heavy atom. The van der Waals surface area contributed by atoms with Gasteiger partial charge in [0.15, 0.2) is 11.5 Å². The number of amides is 1. The molecule has 6 nitrogen and oxygen atoms in total. The molecule has 0 spiro atoms. The smallest absolute Gasteiger partial charge is 0.304 e. The summed E-state index contributed by atoms with van der Waals surface area (Å²) >= 11 is 6.43. The molecule has 3 rings (SSSR count). The van der Waals surface area contributed by atoms with Gasteiger partial charge in [-0.2, -0.15) is 23.4 Å². The van der Waals surface area contributed by atoms with E-state index < -0.39 is 17.6 Å². The molecule has 1 aromatic carbocycles. The minimum Gasteiger partial charge on any atom is -0.304 e. The molecule has 0 saturated carbocycles. The van der Waals surface area contributed by atoms with Crippen molar-refractivity contribution >= 4 is 43.6 Å². The molecular formula is C16H12Br2F3N5O. The zero-order chi connectivity index (χ0) is 19.8. The molecule has 0 atom stereocenters. The SMILES string of the molecule is Cc1cc(NC(=O)c2n[nH]c(Br)c2Br)nn1Cc1cccc(C(F)(F)F)c1. The van der Waals surface area contributed by atoms with Crippen molar-refractivity contribution < 1.29 is 18.0 Å². The normalized spacial score (nSPS) is 11.6.